The maximum Gasteiger partial charge on any atom is 0.335 e. The Morgan fingerprint density at radius 1 is 0.615 bits per heavy atom. The minimum Gasteiger partial charge on any atom is -0.481 e. The fourth-order valence-electron chi connectivity index (χ4n) is 10.6. The molecule has 2 aromatic heterocycles. The van der Waals surface area contributed by atoms with E-state index in [2.05, 4.69) is 82.3 Å². The number of carboxylic acid groups (broad SMARTS) is 2. The maximum atomic E-state index is 13.4. The summed E-state index contributed by atoms with van der Waals surface area (Å²) in [5, 5.41) is 39.2. The highest BCUT2D eigenvalue weighted by Gasteiger charge is 2.28. The first kappa shape index (κ1) is 59.2. The largest absolute Gasteiger partial charge is 0.481 e. The van der Waals surface area contributed by atoms with Gasteiger partial charge in [0.2, 0.25) is 0 Å². The zero-order valence-corrected chi connectivity index (χ0v) is 45.0. The fraction of sp³-hybridized carbons (Fsp3) is 0.365. The number of hydrogen-bond acceptors (Lipinski definition) is 10. The number of carbonyl (C=O) groups excluding carboxylic acids is 2. The number of aromatic nitrogens is 6. The molecule has 2 unspecified atom stereocenters. The lowest BCUT2D eigenvalue weighted by atomic mass is 9.83. The normalized spacial score (nSPS) is 13.3. The predicted molar refractivity (Wildman–Crippen MR) is 307 cm³/mol. The van der Waals surface area contributed by atoms with Gasteiger partial charge in [0, 0.05) is 50.1 Å². The number of aryl methyl sites for hydroxylation is 6. The summed E-state index contributed by atoms with van der Waals surface area (Å²) in [7, 11) is 1.44. The minimum atomic E-state index is -0.855. The Morgan fingerprint density at radius 2 is 1.13 bits per heavy atom. The number of carbonyl (C=O) groups is 4. The molecule has 0 saturated heterocycles. The van der Waals surface area contributed by atoms with Gasteiger partial charge in [0.15, 0.2) is 0 Å². The van der Waals surface area contributed by atoms with Gasteiger partial charge < -0.3 is 25.2 Å². The molecule has 0 aliphatic carbocycles. The van der Waals surface area contributed by atoms with Crippen LogP contribution in [0.5, 0.6) is 0 Å². The van der Waals surface area contributed by atoms with E-state index in [0.717, 1.165) is 128 Å². The quantitative estimate of drug-likeness (QED) is 0.0982. The molecule has 15 heteroatoms. The molecule has 0 fully saturated rings. The SMILES string of the molecule is C.C.CCn1nnc2c(C)c(C(CC(=O)O)c3ccc4c(c3)CN(C(=O)c3cccc(C)c3C)CC4)ccc21.CCn1nnc2c(C)c(C(CC(=O)OC)c3ccc4c(c3)CNCC4)ccc21.Cc1cccc(C(=O)O)c1C. The molecule has 2 aliphatic heterocycles. The maximum absolute atomic E-state index is 13.4. The van der Waals surface area contributed by atoms with Crippen molar-refractivity contribution >= 4 is 45.9 Å². The van der Waals surface area contributed by atoms with Crippen molar-refractivity contribution < 1.29 is 34.1 Å². The molecule has 4 heterocycles. The van der Waals surface area contributed by atoms with E-state index in [-0.39, 0.29) is 45.0 Å². The van der Waals surface area contributed by atoms with Crippen molar-refractivity contribution in [3.63, 3.8) is 0 Å². The summed E-state index contributed by atoms with van der Waals surface area (Å²) in [5.41, 5.74) is 19.9. The summed E-state index contributed by atoms with van der Waals surface area (Å²) in [6, 6.07) is 32.1. The van der Waals surface area contributed by atoms with E-state index in [1.807, 2.05) is 98.3 Å². The Labute approximate surface area is 458 Å². The lowest BCUT2D eigenvalue weighted by Gasteiger charge is -2.30. The van der Waals surface area contributed by atoms with E-state index in [4.69, 9.17) is 9.84 Å². The van der Waals surface area contributed by atoms with Gasteiger partial charge in [-0.3, -0.25) is 14.4 Å². The van der Waals surface area contributed by atoms with Gasteiger partial charge in [-0.1, -0.05) is 98.1 Å². The van der Waals surface area contributed by atoms with Gasteiger partial charge in [0.05, 0.1) is 36.5 Å². The van der Waals surface area contributed by atoms with E-state index >= 15 is 0 Å². The molecule has 0 radical (unpaired) electrons. The Balaban J connectivity index is 0.000000212. The van der Waals surface area contributed by atoms with Crippen LogP contribution >= 0.6 is 0 Å². The van der Waals surface area contributed by atoms with Crippen LogP contribution < -0.4 is 5.32 Å². The Kier molecular flexibility index (Phi) is 19.6. The number of benzene rings is 6. The highest BCUT2D eigenvalue weighted by molar-refractivity contribution is 5.96. The molecule has 15 nitrogen and oxygen atoms in total. The van der Waals surface area contributed by atoms with Crippen molar-refractivity contribution in [1.29, 1.82) is 0 Å². The third-order valence-corrected chi connectivity index (χ3v) is 15.4. The third kappa shape index (κ3) is 12.5. The van der Waals surface area contributed by atoms with Crippen molar-refractivity contribution in [3.8, 4) is 0 Å². The molecule has 6 aromatic carbocycles. The number of carboxylic acids is 2. The van der Waals surface area contributed by atoms with Crippen LogP contribution in [0.15, 0.2) is 97.1 Å². The van der Waals surface area contributed by atoms with Crippen LogP contribution in [0, 0.1) is 41.5 Å². The summed E-state index contributed by atoms with van der Waals surface area (Å²) in [5.74, 6) is -2.28. The van der Waals surface area contributed by atoms with E-state index in [1.54, 1.807) is 12.1 Å². The van der Waals surface area contributed by atoms with E-state index < -0.39 is 11.9 Å². The number of esters is 1. The Morgan fingerprint density at radius 3 is 1.64 bits per heavy atom. The standard InChI is InChI=1S/C30H32N4O3.C22H26N4O2.C9H10O2.2CH4/c1-5-34-27-12-11-24(20(4)29(27)31-32-34)26(16-28(35)36)22-10-9-21-13-14-33(17-23(21)15-22)30(37)25-8-6-7-18(2)19(25)3;1-4-26-20-8-7-18(14(2)22(20)24-25-26)19(12-21(27)28-3)16-6-5-15-9-10-23-13-17(15)11-16;1-6-4-3-5-8(7(6)2)9(10)11;;/h6-12,15,26H,5,13-14,16-17H2,1-4H3,(H,35,36);5-8,11,19,23H,4,9-10,12-13H2,1-3H3;3-5H,1-2H3,(H,10,11);2*1H4. The number of nitrogens with zero attached hydrogens (tertiary/aromatic N) is 7. The monoisotopic (exact) mass is 1060 g/mol. The molecule has 10 rings (SSSR count). The van der Waals surface area contributed by atoms with Crippen molar-refractivity contribution in [2.24, 2.45) is 0 Å². The van der Waals surface area contributed by atoms with Crippen LogP contribution in [0.25, 0.3) is 22.1 Å². The van der Waals surface area contributed by atoms with Crippen LogP contribution in [-0.4, -0.2) is 89.1 Å². The first-order valence-electron chi connectivity index (χ1n) is 26.1. The number of rotatable bonds is 12. The van der Waals surface area contributed by atoms with E-state index in [9.17, 15) is 24.3 Å². The van der Waals surface area contributed by atoms with Crippen LogP contribution in [0.2, 0.25) is 0 Å². The first-order valence-corrected chi connectivity index (χ1v) is 26.1. The van der Waals surface area contributed by atoms with E-state index in [1.165, 1.54) is 23.8 Å². The highest BCUT2D eigenvalue weighted by atomic mass is 16.5. The molecule has 0 saturated carbocycles. The molecule has 8 aromatic rings. The molecule has 1 amide bonds. The number of nitrogens with one attached hydrogen (secondary N) is 1. The zero-order chi connectivity index (χ0) is 54.4. The summed E-state index contributed by atoms with van der Waals surface area (Å²) >= 11 is 0. The van der Waals surface area contributed by atoms with Gasteiger partial charge in [0.1, 0.15) is 11.0 Å². The summed E-state index contributed by atoms with van der Waals surface area (Å²) in [6.45, 7) is 20.4. The molecule has 410 valence electrons. The van der Waals surface area contributed by atoms with Gasteiger partial charge >= 0.3 is 17.9 Å². The Hall–Kier alpha value is -8.04. The fourth-order valence-corrected chi connectivity index (χ4v) is 10.6. The minimum absolute atomic E-state index is 0. The van der Waals surface area contributed by atoms with E-state index in [0.29, 0.717) is 25.1 Å². The molecule has 3 N–H and O–H groups in total. The summed E-state index contributed by atoms with van der Waals surface area (Å²) < 4.78 is 8.74. The number of ether oxygens (including phenoxy) is 1. The number of methoxy groups -OCH3 is 1. The lowest BCUT2D eigenvalue weighted by molar-refractivity contribution is -0.141. The van der Waals surface area contributed by atoms with Crippen molar-refractivity contribution in [3.05, 3.63) is 186 Å². The van der Waals surface area contributed by atoms with Gasteiger partial charge in [-0.25, -0.2) is 14.2 Å². The number of hydrogen-bond donors (Lipinski definition) is 3. The van der Waals surface area contributed by atoms with Crippen molar-refractivity contribution in [1.82, 2.24) is 40.2 Å². The second-order valence-corrected chi connectivity index (χ2v) is 19.8. The molecule has 2 atom stereocenters. The summed E-state index contributed by atoms with van der Waals surface area (Å²) in [4.78, 5) is 50.0. The number of fused-ring (bicyclic) bond motifs is 4. The van der Waals surface area contributed by atoms with Gasteiger partial charge in [0.25, 0.3) is 5.91 Å². The zero-order valence-electron chi connectivity index (χ0n) is 45.0. The Bertz CT molecular complexity index is 3490. The van der Waals surface area contributed by atoms with Crippen LogP contribution in [0.4, 0.5) is 0 Å². The average Bonchev–Trinajstić information content (AvgIpc) is 4.07. The first-order chi connectivity index (χ1) is 36.5. The smallest absolute Gasteiger partial charge is 0.335 e. The predicted octanol–water partition coefficient (Wildman–Crippen LogP) is 11.6. The molecule has 2 aliphatic rings. The van der Waals surface area contributed by atoms with Crippen molar-refractivity contribution in [2.75, 3.05) is 20.2 Å². The summed E-state index contributed by atoms with van der Waals surface area (Å²) in [6.07, 6.45) is 2.10. The number of amides is 1. The number of aliphatic carboxylic acids is 1. The van der Waals surface area contributed by atoms with Crippen LogP contribution in [0.1, 0.15) is 152 Å². The number of aromatic carboxylic acids is 1. The second-order valence-electron chi connectivity index (χ2n) is 19.8. The van der Waals surface area contributed by atoms with Crippen LogP contribution in [-0.2, 0) is 53.3 Å². The highest BCUT2D eigenvalue weighted by Crippen LogP contribution is 2.37. The second kappa shape index (κ2) is 25.9. The molecule has 78 heavy (non-hydrogen) atoms. The average molecular weight is 1060 g/mol. The molecular weight excluding hydrogens is 981 g/mol. The van der Waals surface area contributed by atoms with Crippen LogP contribution in [0.3, 0.4) is 0 Å². The van der Waals surface area contributed by atoms with Gasteiger partial charge in [-0.05, 0) is 177 Å². The topological polar surface area (TPSA) is 195 Å². The van der Waals surface area contributed by atoms with Gasteiger partial charge in [-0.15, -0.1) is 10.2 Å². The lowest BCUT2D eigenvalue weighted by Crippen LogP contribution is -2.36. The molecule has 0 bridgehead atoms. The third-order valence-electron chi connectivity index (χ3n) is 15.4. The molecular formula is C63H76N8O7. The molecule has 0 spiro atoms. The van der Waals surface area contributed by atoms with Crippen molar-refractivity contribution in [2.45, 2.75) is 134 Å². The van der Waals surface area contributed by atoms with Gasteiger partial charge in [-0.2, -0.15) is 0 Å².